The monoisotopic (exact) mass is 371 g/mol. The number of benzene rings is 1. The molecule has 1 aliphatic heterocycles. The number of aromatic nitrogens is 3. The molecule has 1 aromatic carbocycles. The smallest absolute Gasteiger partial charge is 0.341 e. The Morgan fingerprint density at radius 1 is 1.35 bits per heavy atom. The molecular weight excluding hydrogens is 354 g/mol. The summed E-state index contributed by atoms with van der Waals surface area (Å²) in [4.78, 5) is 15.8. The molecule has 0 radical (unpaired) electrons. The molecule has 1 aliphatic rings. The van der Waals surface area contributed by atoms with Crippen LogP contribution in [0.2, 0.25) is 0 Å². The Labute approximate surface area is 146 Å². The molecule has 3 unspecified atom stereocenters. The molecule has 1 saturated heterocycles. The molecule has 2 N–H and O–H groups in total. The van der Waals surface area contributed by atoms with Crippen LogP contribution < -0.4 is 10.6 Å². The molecule has 0 aliphatic carbocycles. The molecule has 1 fully saturated rings. The van der Waals surface area contributed by atoms with Gasteiger partial charge in [-0.15, -0.1) is 0 Å². The molecule has 140 valence electrons. The number of rotatable bonds is 3. The summed E-state index contributed by atoms with van der Waals surface area (Å²) < 4.78 is 53.5. The summed E-state index contributed by atoms with van der Waals surface area (Å²) in [5, 5.41) is 10.1. The molecule has 1 amide bonds. The van der Waals surface area contributed by atoms with Gasteiger partial charge in [-0.3, -0.25) is 10.1 Å². The van der Waals surface area contributed by atoms with Gasteiger partial charge in [-0.05, 0) is 26.0 Å². The van der Waals surface area contributed by atoms with Crippen LogP contribution in [-0.4, -0.2) is 26.8 Å². The summed E-state index contributed by atoms with van der Waals surface area (Å²) in [5.74, 6) is -0.738. The lowest BCUT2D eigenvalue weighted by Crippen LogP contribution is -2.51. The maximum absolute atomic E-state index is 14.2. The number of nitrogens with one attached hydrogen (secondary N) is 2. The van der Waals surface area contributed by atoms with Gasteiger partial charge in [0, 0.05) is 12.0 Å². The van der Waals surface area contributed by atoms with Gasteiger partial charge in [-0.1, -0.05) is 6.07 Å². The standard InChI is InChI=1S/C16H17F4N5O/c1-8(11-4-3-10(5-12(11)17)16(18,19)20)25-7-21-15(24-25)13-6-14(26)23-9(2)22-13/h3-5,7-9,13,22H,6H2,1-2H3,(H,23,26). The highest BCUT2D eigenvalue weighted by atomic mass is 19.4. The number of amides is 1. The minimum Gasteiger partial charge on any atom is -0.341 e. The molecule has 3 rings (SSSR count). The van der Waals surface area contributed by atoms with E-state index in [2.05, 4.69) is 20.7 Å². The molecule has 2 aromatic rings. The van der Waals surface area contributed by atoms with E-state index in [0.29, 0.717) is 11.9 Å². The minimum absolute atomic E-state index is 0.0668. The molecule has 3 atom stereocenters. The topological polar surface area (TPSA) is 71.8 Å². The first-order chi connectivity index (χ1) is 12.1. The second kappa shape index (κ2) is 6.67. The van der Waals surface area contributed by atoms with E-state index in [1.165, 1.54) is 11.0 Å². The number of hydrogen-bond acceptors (Lipinski definition) is 4. The zero-order valence-corrected chi connectivity index (χ0v) is 14.0. The van der Waals surface area contributed by atoms with Crippen LogP contribution in [0.25, 0.3) is 0 Å². The molecule has 6 nitrogen and oxygen atoms in total. The van der Waals surface area contributed by atoms with Gasteiger partial charge in [0.1, 0.15) is 12.1 Å². The van der Waals surface area contributed by atoms with Gasteiger partial charge < -0.3 is 5.32 Å². The summed E-state index contributed by atoms with van der Waals surface area (Å²) in [5.41, 5.74) is -0.978. The first-order valence-corrected chi connectivity index (χ1v) is 7.98. The first-order valence-electron chi connectivity index (χ1n) is 7.98. The van der Waals surface area contributed by atoms with Crippen molar-refractivity contribution in [2.24, 2.45) is 0 Å². The Hall–Kier alpha value is -2.49. The van der Waals surface area contributed by atoms with Crippen LogP contribution in [0.3, 0.4) is 0 Å². The summed E-state index contributed by atoms with van der Waals surface area (Å²) in [6.45, 7) is 3.38. The second-order valence-electron chi connectivity index (χ2n) is 6.21. The number of carbonyl (C=O) groups excluding carboxylic acids is 1. The van der Waals surface area contributed by atoms with Gasteiger partial charge in [0.2, 0.25) is 5.91 Å². The fourth-order valence-corrected chi connectivity index (χ4v) is 2.87. The molecule has 0 saturated carbocycles. The highest BCUT2D eigenvalue weighted by Gasteiger charge is 2.32. The normalized spacial score (nSPS) is 22.2. The van der Waals surface area contributed by atoms with Gasteiger partial charge in [-0.25, -0.2) is 14.1 Å². The average Bonchev–Trinajstić information content (AvgIpc) is 3.02. The second-order valence-corrected chi connectivity index (χ2v) is 6.21. The van der Waals surface area contributed by atoms with E-state index in [0.717, 1.165) is 12.1 Å². The summed E-state index contributed by atoms with van der Waals surface area (Å²) in [6.07, 6.45) is -3.31. The van der Waals surface area contributed by atoms with Gasteiger partial charge >= 0.3 is 6.18 Å². The minimum atomic E-state index is -4.60. The molecule has 26 heavy (non-hydrogen) atoms. The van der Waals surface area contributed by atoms with Crippen molar-refractivity contribution < 1.29 is 22.4 Å². The summed E-state index contributed by atoms with van der Waals surface area (Å²) in [6, 6.07) is 1.36. The maximum Gasteiger partial charge on any atom is 0.416 e. The van der Waals surface area contributed by atoms with Crippen LogP contribution in [0.15, 0.2) is 24.5 Å². The quantitative estimate of drug-likeness (QED) is 0.814. The van der Waals surface area contributed by atoms with Crippen molar-refractivity contribution in [2.75, 3.05) is 0 Å². The van der Waals surface area contributed by atoms with E-state index in [-0.39, 0.29) is 30.1 Å². The van der Waals surface area contributed by atoms with Crippen LogP contribution >= 0.6 is 0 Å². The van der Waals surface area contributed by atoms with Crippen LogP contribution in [0.4, 0.5) is 17.6 Å². The van der Waals surface area contributed by atoms with Crippen LogP contribution in [0.5, 0.6) is 0 Å². The number of hydrogen-bond donors (Lipinski definition) is 2. The number of halogens is 4. The lowest BCUT2D eigenvalue weighted by atomic mass is 10.1. The molecular formula is C16H17F4N5O. The molecule has 1 aromatic heterocycles. The van der Waals surface area contributed by atoms with Crippen molar-refractivity contribution in [3.63, 3.8) is 0 Å². The van der Waals surface area contributed by atoms with Crippen molar-refractivity contribution in [2.45, 2.75) is 44.7 Å². The Balaban J connectivity index is 1.82. The zero-order chi connectivity index (χ0) is 19.1. The number of nitrogens with zero attached hydrogens (tertiary/aromatic N) is 3. The van der Waals surface area contributed by atoms with Gasteiger partial charge in [0.25, 0.3) is 0 Å². The number of carbonyl (C=O) groups is 1. The van der Waals surface area contributed by atoms with Crippen molar-refractivity contribution in [3.8, 4) is 0 Å². The largest absolute Gasteiger partial charge is 0.416 e. The SMILES string of the molecule is CC1NC(=O)CC(c2ncn(C(C)c3ccc(C(F)(F)F)cc3F)n2)N1. The zero-order valence-electron chi connectivity index (χ0n) is 14.0. The van der Waals surface area contributed by atoms with Crippen molar-refractivity contribution in [3.05, 3.63) is 47.3 Å². The Bertz CT molecular complexity index is 819. The molecule has 10 heteroatoms. The molecule has 2 heterocycles. The fraction of sp³-hybridized carbons (Fsp3) is 0.438. The predicted molar refractivity (Wildman–Crippen MR) is 83.3 cm³/mol. The van der Waals surface area contributed by atoms with E-state index in [1.807, 2.05) is 0 Å². The summed E-state index contributed by atoms with van der Waals surface area (Å²) in [7, 11) is 0. The molecule has 0 spiro atoms. The average molecular weight is 371 g/mol. The predicted octanol–water partition coefficient (Wildman–Crippen LogP) is 2.54. The number of alkyl halides is 3. The van der Waals surface area contributed by atoms with E-state index >= 15 is 0 Å². The third-order valence-electron chi connectivity index (χ3n) is 4.23. The maximum atomic E-state index is 14.2. The fourth-order valence-electron chi connectivity index (χ4n) is 2.87. The van der Waals surface area contributed by atoms with E-state index in [1.54, 1.807) is 13.8 Å². The van der Waals surface area contributed by atoms with Crippen LogP contribution in [0.1, 0.15) is 49.3 Å². The van der Waals surface area contributed by atoms with Crippen molar-refractivity contribution in [1.29, 1.82) is 0 Å². The van der Waals surface area contributed by atoms with Crippen LogP contribution in [-0.2, 0) is 11.0 Å². The lowest BCUT2D eigenvalue weighted by Gasteiger charge is -2.27. The van der Waals surface area contributed by atoms with E-state index in [4.69, 9.17) is 0 Å². The van der Waals surface area contributed by atoms with E-state index < -0.39 is 23.6 Å². The van der Waals surface area contributed by atoms with Crippen LogP contribution in [0, 0.1) is 5.82 Å². The third kappa shape index (κ3) is 3.69. The lowest BCUT2D eigenvalue weighted by molar-refractivity contribution is -0.137. The highest BCUT2D eigenvalue weighted by molar-refractivity contribution is 5.77. The highest BCUT2D eigenvalue weighted by Crippen LogP contribution is 2.32. The van der Waals surface area contributed by atoms with Crippen molar-refractivity contribution in [1.82, 2.24) is 25.4 Å². The Morgan fingerprint density at radius 3 is 2.69 bits per heavy atom. The van der Waals surface area contributed by atoms with Gasteiger partial charge in [0.05, 0.1) is 23.8 Å². The van der Waals surface area contributed by atoms with Gasteiger partial charge in [-0.2, -0.15) is 18.3 Å². The Morgan fingerprint density at radius 2 is 2.08 bits per heavy atom. The van der Waals surface area contributed by atoms with Gasteiger partial charge in [0.15, 0.2) is 5.82 Å². The first kappa shape index (κ1) is 18.3. The molecule has 0 bridgehead atoms. The van der Waals surface area contributed by atoms with E-state index in [9.17, 15) is 22.4 Å². The Kier molecular flexibility index (Phi) is 4.70. The van der Waals surface area contributed by atoms with Crippen molar-refractivity contribution >= 4 is 5.91 Å². The third-order valence-corrected chi connectivity index (χ3v) is 4.23. The summed E-state index contributed by atoms with van der Waals surface area (Å²) >= 11 is 0.